The summed E-state index contributed by atoms with van der Waals surface area (Å²) in [6, 6.07) is 0.230. The van der Waals surface area contributed by atoms with Crippen molar-refractivity contribution >= 4 is 0 Å². The monoisotopic (exact) mass is 213 g/mol. The van der Waals surface area contributed by atoms with Gasteiger partial charge in [-0.15, -0.1) is 0 Å². The maximum atomic E-state index is 13.4. The van der Waals surface area contributed by atoms with Gasteiger partial charge in [0.1, 0.15) is 6.17 Å². The van der Waals surface area contributed by atoms with Gasteiger partial charge in [-0.05, 0) is 37.5 Å². The highest BCUT2D eigenvalue weighted by Crippen LogP contribution is 2.71. The highest BCUT2D eigenvalue weighted by molar-refractivity contribution is 5.24. The summed E-state index contributed by atoms with van der Waals surface area (Å²) in [7, 11) is 0. The van der Waals surface area contributed by atoms with E-state index < -0.39 is 17.5 Å². The molecule has 0 bridgehead atoms. The molecule has 0 aromatic rings. The van der Waals surface area contributed by atoms with Crippen LogP contribution in [0.4, 0.5) is 4.39 Å². The number of hydrogen-bond donors (Lipinski definition) is 2. The molecule has 2 unspecified atom stereocenters. The van der Waals surface area contributed by atoms with Crippen LogP contribution in [0.3, 0.4) is 0 Å². The van der Waals surface area contributed by atoms with Crippen LogP contribution in [0, 0.1) is 10.8 Å². The zero-order valence-corrected chi connectivity index (χ0v) is 8.62. The average Bonchev–Trinajstić information content (AvgIpc) is 2.97. The highest BCUT2D eigenvalue weighted by atomic mass is 19.1. The fraction of sp³-hybridized carbons (Fsp3) is 1.00. The van der Waals surface area contributed by atoms with E-state index >= 15 is 0 Å². The predicted octanol–water partition coefficient (Wildman–Crippen LogP) is 0.611. The quantitative estimate of drug-likeness (QED) is 0.579. The van der Waals surface area contributed by atoms with Crippen molar-refractivity contribution < 1.29 is 14.6 Å². The molecule has 0 radical (unpaired) electrons. The molecule has 2 heterocycles. The van der Waals surface area contributed by atoms with Crippen molar-refractivity contribution in [3.05, 3.63) is 0 Å². The Morgan fingerprint density at radius 2 is 1.80 bits per heavy atom. The van der Waals surface area contributed by atoms with Gasteiger partial charge >= 0.3 is 0 Å². The number of nitrogens with zero attached hydrogens (tertiary/aromatic N) is 1. The van der Waals surface area contributed by atoms with Gasteiger partial charge in [0, 0.05) is 12.6 Å². The Bertz CT molecular complexity index is 341. The van der Waals surface area contributed by atoms with E-state index in [-0.39, 0.29) is 6.04 Å². The van der Waals surface area contributed by atoms with E-state index in [1.54, 1.807) is 4.90 Å². The fourth-order valence-corrected chi connectivity index (χ4v) is 4.03. The molecule has 0 amide bonds. The molecule has 0 aromatic heterocycles. The lowest BCUT2D eigenvalue weighted by Gasteiger charge is -2.31. The SMILES string of the molecule is OC1(O)N2CCC3(CC3)C2C[C@@]12CC2F. The predicted molar refractivity (Wildman–Crippen MR) is 50.5 cm³/mol. The maximum Gasteiger partial charge on any atom is 0.234 e. The standard InChI is InChI=1S/C11H16FNO2/c12-7-5-10(7)6-8-9(1-2-9)3-4-13(8)11(10,14)15/h7-8,14-15H,1-6H2/t7?,8?,10-/m1/s1. The second-order valence-corrected chi connectivity index (χ2v) is 5.99. The molecule has 4 rings (SSSR count). The minimum atomic E-state index is -1.87. The van der Waals surface area contributed by atoms with Gasteiger partial charge in [0.2, 0.25) is 5.91 Å². The number of fused-ring (bicyclic) bond motifs is 2. The van der Waals surface area contributed by atoms with Crippen molar-refractivity contribution in [3.8, 4) is 0 Å². The molecular weight excluding hydrogens is 197 g/mol. The molecule has 15 heavy (non-hydrogen) atoms. The van der Waals surface area contributed by atoms with Crippen molar-refractivity contribution in [1.82, 2.24) is 4.90 Å². The largest absolute Gasteiger partial charge is 0.353 e. The summed E-state index contributed by atoms with van der Waals surface area (Å²) in [6.07, 6.45) is 3.43. The fourth-order valence-electron chi connectivity index (χ4n) is 4.03. The molecule has 2 aliphatic heterocycles. The Hall–Kier alpha value is -0.190. The van der Waals surface area contributed by atoms with Crippen LogP contribution in [-0.4, -0.2) is 39.8 Å². The van der Waals surface area contributed by atoms with E-state index in [4.69, 9.17) is 0 Å². The van der Waals surface area contributed by atoms with Crippen LogP contribution in [-0.2, 0) is 0 Å². The van der Waals surface area contributed by atoms with Crippen LogP contribution in [0.1, 0.15) is 32.1 Å². The summed E-state index contributed by atoms with van der Waals surface area (Å²) in [5.41, 5.74) is -0.518. The van der Waals surface area contributed by atoms with Gasteiger partial charge in [0.15, 0.2) is 0 Å². The van der Waals surface area contributed by atoms with Crippen molar-refractivity contribution in [2.45, 2.75) is 50.2 Å². The lowest BCUT2D eigenvalue weighted by molar-refractivity contribution is -0.281. The Balaban J connectivity index is 1.75. The maximum absolute atomic E-state index is 13.4. The van der Waals surface area contributed by atoms with E-state index in [0.29, 0.717) is 18.3 Å². The second-order valence-electron chi connectivity index (χ2n) is 5.99. The molecular formula is C11H16FNO2. The van der Waals surface area contributed by atoms with Gasteiger partial charge < -0.3 is 10.2 Å². The smallest absolute Gasteiger partial charge is 0.234 e. The third-order valence-electron chi connectivity index (χ3n) is 5.43. The number of rotatable bonds is 0. The normalized spacial score (nSPS) is 53.8. The highest BCUT2D eigenvalue weighted by Gasteiger charge is 2.79. The van der Waals surface area contributed by atoms with E-state index in [1.165, 1.54) is 12.8 Å². The Morgan fingerprint density at radius 3 is 2.33 bits per heavy atom. The van der Waals surface area contributed by atoms with Crippen LogP contribution in [0.15, 0.2) is 0 Å². The van der Waals surface area contributed by atoms with Crippen molar-refractivity contribution in [1.29, 1.82) is 0 Å². The van der Waals surface area contributed by atoms with E-state index in [0.717, 1.165) is 13.0 Å². The van der Waals surface area contributed by atoms with E-state index in [1.807, 2.05) is 0 Å². The molecule has 3 atom stereocenters. The minimum Gasteiger partial charge on any atom is -0.353 e. The molecule has 2 spiro atoms. The van der Waals surface area contributed by atoms with Crippen molar-refractivity contribution in [2.75, 3.05) is 6.54 Å². The van der Waals surface area contributed by atoms with Gasteiger partial charge in [0.25, 0.3) is 0 Å². The van der Waals surface area contributed by atoms with Crippen LogP contribution in [0.25, 0.3) is 0 Å². The van der Waals surface area contributed by atoms with Gasteiger partial charge in [0.05, 0.1) is 5.41 Å². The first-order valence-corrected chi connectivity index (χ1v) is 5.88. The summed E-state index contributed by atoms with van der Waals surface area (Å²) < 4.78 is 13.4. The summed E-state index contributed by atoms with van der Waals surface area (Å²) in [5, 5.41) is 20.3. The van der Waals surface area contributed by atoms with Crippen LogP contribution >= 0.6 is 0 Å². The third kappa shape index (κ3) is 0.776. The second kappa shape index (κ2) is 2.11. The molecule has 2 saturated carbocycles. The molecule has 4 fully saturated rings. The topological polar surface area (TPSA) is 43.7 Å². The number of hydrogen-bond acceptors (Lipinski definition) is 3. The minimum absolute atomic E-state index is 0.230. The Kier molecular flexibility index (Phi) is 1.25. The molecule has 3 nitrogen and oxygen atoms in total. The van der Waals surface area contributed by atoms with Gasteiger partial charge in [-0.25, -0.2) is 9.29 Å². The Labute approximate surface area is 87.9 Å². The van der Waals surface area contributed by atoms with Gasteiger partial charge in [-0.3, -0.25) is 0 Å². The summed E-state index contributed by atoms with van der Waals surface area (Å²) >= 11 is 0. The Morgan fingerprint density at radius 1 is 1.13 bits per heavy atom. The third-order valence-corrected chi connectivity index (χ3v) is 5.43. The number of halogens is 1. The summed E-state index contributed by atoms with van der Waals surface area (Å²) in [6.45, 7) is 0.728. The van der Waals surface area contributed by atoms with Crippen LogP contribution in [0.5, 0.6) is 0 Å². The van der Waals surface area contributed by atoms with Crippen molar-refractivity contribution in [3.63, 3.8) is 0 Å². The molecule has 2 N–H and O–H groups in total. The first kappa shape index (κ1) is 8.90. The van der Waals surface area contributed by atoms with E-state index in [2.05, 4.69) is 0 Å². The molecule has 2 aliphatic carbocycles. The first-order valence-electron chi connectivity index (χ1n) is 5.88. The average molecular weight is 213 g/mol. The lowest BCUT2D eigenvalue weighted by atomic mass is 9.89. The molecule has 2 saturated heterocycles. The number of alkyl halides is 1. The molecule has 4 aliphatic rings. The van der Waals surface area contributed by atoms with Crippen LogP contribution < -0.4 is 0 Å². The van der Waals surface area contributed by atoms with E-state index in [9.17, 15) is 14.6 Å². The molecule has 4 heteroatoms. The van der Waals surface area contributed by atoms with Gasteiger partial charge in [-0.1, -0.05) is 0 Å². The van der Waals surface area contributed by atoms with Crippen LogP contribution in [0.2, 0.25) is 0 Å². The first-order chi connectivity index (χ1) is 7.02. The number of aliphatic hydroxyl groups is 2. The summed E-state index contributed by atoms with van der Waals surface area (Å²) in [4.78, 5) is 1.76. The zero-order valence-electron chi connectivity index (χ0n) is 8.62. The molecule has 84 valence electrons. The van der Waals surface area contributed by atoms with Gasteiger partial charge in [-0.2, -0.15) is 0 Å². The molecule has 0 aromatic carbocycles. The lowest BCUT2D eigenvalue weighted by Crippen LogP contribution is -2.50. The van der Waals surface area contributed by atoms with Crippen molar-refractivity contribution in [2.24, 2.45) is 10.8 Å². The zero-order chi connectivity index (χ0) is 10.5. The summed E-state index contributed by atoms with van der Waals surface area (Å²) in [5.74, 6) is -1.87.